The van der Waals surface area contributed by atoms with Gasteiger partial charge in [0.25, 0.3) is 0 Å². The number of carboxylic acid groups (broad SMARTS) is 1. The fourth-order valence-corrected chi connectivity index (χ4v) is 5.21. The van der Waals surface area contributed by atoms with Crippen LogP contribution in [0.3, 0.4) is 0 Å². The van der Waals surface area contributed by atoms with E-state index in [1.807, 2.05) is 6.07 Å². The fraction of sp³-hybridized carbons (Fsp3) is 0.300. The van der Waals surface area contributed by atoms with Gasteiger partial charge in [-0.3, -0.25) is 14.6 Å². The Hall–Kier alpha value is -2.32. The third-order valence-electron chi connectivity index (χ3n) is 4.43. The van der Waals surface area contributed by atoms with Crippen molar-refractivity contribution in [2.75, 3.05) is 11.5 Å². The fourth-order valence-electron chi connectivity index (χ4n) is 2.93. The first-order valence-corrected chi connectivity index (χ1v) is 10.8. The summed E-state index contributed by atoms with van der Waals surface area (Å²) >= 11 is 2.51. The van der Waals surface area contributed by atoms with Gasteiger partial charge in [0.1, 0.15) is 11.4 Å². The molecule has 1 aliphatic rings. The SMILES string of the molecule is CC(CSC(=O)c1ccccc1)C(=O)N1C(c2ccncc2)SC[C@H]1C(=O)O. The van der Waals surface area contributed by atoms with E-state index in [9.17, 15) is 19.5 Å². The molecule has 2 aromatic rings. The van der Waals surface area contributed by atoms with Crippen molar-refractivity contribution in [3.05, 3.63) is 66.0 Å². The third-order valence-corrected chi connectivity index (χ3v) is 6.91. The highest BCUT2D eigenvalue weighted by molar-refractivity contribution is 8.14. The molecule has 28 heavy (non-hydrogen) atoms. The van der Waals surface area contributed by atoms with Gasteiger partial charge in [0.15, 0.2) is 0 Å². The lowest BCUT2D eigenvalue weighted by Gasteiger charge is -2.30. The number of aromatic nitrogens is 1. The summed E-state index contributed by atoms with van der Waals surface area (Å²) < 4.78 is 0. The van der Waals surface area contributed by atoms with Gasteiger partial charge in [0.2, 0.25) is 11.0 Å². The Balaban J connectivity index is 1.71. The molecular weight excluding hydrogens is 396 g/mol. The van der Waals surface area contributed by atoms with Crippen molar-refractivity contribution in [2.45, 2.75) is 18.3 Å². The lowest BCUT2D eigenvalue weighted by atomic mass is 10.1. The summed E-state index contributed by atoms with van der Waals surface area (Å²) in [4.78, 5) is 42.5. The number of aliphatic carboxylic acids is 1. The summed E-state index contributed by atoms with van der Waals surface area (Å²) in [5, 5.41) is 9.10. The van der Waals surface area contributed by atoms with Crippen molar-refractivity contribution in [2.24, 2.45) is 5.92 Å². The second-order valence-corrected chi connectivity index (χ2v) is 8.54. The molecule has 146 valence electrons. The number of hydrogen-bond acceptors (Lipinski definition) is 6. The van der Waals surface area contributed by atoms with Crippen LogP contribution >= 0.6 is 23.5 Å². The number of pyridine rings is 1. The third kappa shape index (κ3) is 4.56. The lowest BCUT2D eigenvalue weighted by Crippen LogP contribution is -2.45. The number of hydrogen-bond donors (Lipinski definition) is 1. The first-order chi connectivity index (χ1) is 13.5. The van der Waals surface area contributed by atoms with Gasteiger partial charge in [-0.05, 0) is 17.7 Å². The van der Waals surface area contributed by atoms with Crippen molar-refractivity contribution in [3.8, 4) is 0 Å². The largest absolute Gasteiger partial charge is 0.480 e. The molecular formula is C20H20N2O4S2. The quantitative estimate of drug-likeness (QED) is 0.773. The minimum absolute atomic E-state index is 0.100. The minimum Gasteiger partial charge on any atom is -0.480 e. The monoisotopic (exact) mass is 416 g/mol. The van der Waals surface area contributed by atoms with E-state index >= 15 is 0 Å². The molecule has 8 heteroatoms. The van der Waals surface area contributed by atoms with Crippen molar-refractivity contribution in [3.63, 3.8) is 0 Å². The number of rotatable bonds is 6. The predicted octanol–water partition coefficient (Wildman–Crippen LogP) is 3.32. The number of carbonyl (C=O) groups excluding carboxylic acids is 2. The van der Waals surface area contributed by atoms with Crippen LogP contribution in [0.5, 0.6) is 0 Å². The first-order valence-electron chi connectivity index (χ1n) is 8.77. The molecule has 6 nitrogen and oxygen atoms in total. The van der Waals surface area contributed by atoms with E-state index in [1.54, 1.807) is 55.7 Å². The molecule has 1 aromatic heterocycles. The average molecular weight is 417 g/mol. The summed E-state index contributed by atoms with van der Waals surface area (Å²) in [6.07, 6.45) is 3.26. The molecule has 1 aliphatic heterocycles. The van der Waals surface area contributed by atoms with E-state index in [-0.39, 0.29) is 16.4 Å². The molecule has 2 unspecified atom stereocenters. The zero-order valence-electron chi connectivity index (χ0n) is 15.2. The van der Waals surface area contributed by atoms with Crippen LogP contribution in [0.2, 0.25) is 0 Å². The van der Waals surface area contributed by atoms with Gasteiger partial charge in [0.05, 0.1) is 0 Å². The van der Waals surface area contributed by atoms with Crippen LogP contribution in [0.25, 0.3) is 0 Å². The van der Waals surface area contributed by atoms with Crippen LogP contribution < -0.4 is 0 Å². The lowest BCUT2D eigenvalue weighted by molar-refractivity contribution is -0.150. The molecule has 3 rings (SSSR count). The molecule has 0 aliphatic carbocycles. The highest BCUT2D eigenvalue weighted by atomic mass is 32.2. The Morgan fingerprint density at radius 3 is 2.54 bits per heavy atom. The zero-order valence-corrected chi connectivity index (χ0v) is 16.9. The Morgan fingerprint density at radius 1 is 1.21 bits per heavy atom. The van der Waals surface area contributed by atoms with Gasteiger partial charge >= 0.3 is 5.97 Å². The van der Waals surface area contributed by atoms with Gasteiger partial charge in [-0.25, -0.2) is 4.79 Å². The first kappa shape index (κ1) is 20.4. The van der Waals surface area contributed by atoms with Crippen molar-refractivity contribution < 1.29 is 19.5 Å². The average Bonchev–Trinajstić information content (AvgIpc) is 3.18. The molecule has 1 amide bonds. The number of thioether (sulfide) groups is 2. The Bertz CT molecular complexity index is 848. The van der Waals surface area contributed by atoms with Crippen LogP contribution in [0.1, 0.15) is 28.2 Å². The summed E-state index contributed by atoms with van der Waals surface area (Å²) in [6.45, 7) is 1.74. The van der Waals surface area contributed by atoms with Gasteiger partial charge in [-0.15, -0.1) is 11.8 Å². The number of amides is 1. The van der Waals surface area contributed by atoms with E-state index in [1.165, 1.54) is 16.7 Å². The maximum Gasteiger partial charge on any atom is 0.327 e. The molecule has 0 saturated carbocycles. The number of nitrogens with zero attached hydrogens (tertiary/aromatic N) is 2. The van der Waals surface area contributed by atoms with Crippen molar-refractivity contribution in [1.82, 2.24) is 9.88 Å². The highest BCUT2D eigenvalue weighted by Crippen LogP contribution is 2.42. The Labute approximate surface area is 171 Å². The van der Waals surface area contributed by atoms with Gasteiger partial charge in [-0.1, -0.05) is 49.0 Å². The van der Waals surface area contributed by atoms with Crippen molar-refractivity contribution >= 4 is 40.5 Å². The minimum atomic E-state index is -1.02. The zero-order chi connectivity index (χ0) is 20.1. The summed E-state index contributed by atoms with van der Waals surface area (Å²) in [5.74, 6) is -1.13. The maximum atomic E-state index is 13.1. The van der Waals surface area contributed by atoms with Crippen LogP contribution in [0.15, 0.2) is 54.9 Å². The van der Waals surface area contributed by atoms with E-state index in [0.29, 0.717) is 17.1 Å². The number of benzene rings is 1. The summed E-state index contributed by atoms with van der Waals surface area (Å²) in [6, 6.07) is 11.6. The van der Waals surface area contributed by atoms with Crippen molar-refractivity contribution in [1.29, 1.82) is 0 Å². The number of carboxylic acids is 1. The molecule has 1 fully saturated rings. The molecule has 1 N–H and O–H groups in total. The normalized spacial score (nSPS) is 20.0. The second kappa shape index (κ2) is 9.25. The molecule has 0 spiro atoms. The van der Waals surface area contributed by atoms with E-state index in [2.05, 4.69) is 4.98 Å². The molecule has 1 aromatic carbocycles. The van der Waals surface area contributed by atoms with Crippen LogP contribution in [-0.4, -0.2) is 49.5 Å². The molecule has 0 bridgehead atoms. The summed E-state index contributed by atoms with van der Waals surface area (Å²) in [7, 11) is 0. The molecule has 0 radical (unpaired) electrons. The highest BCUT2D eigenvalue weighted by Gasteiger charge is 2.43. The van der Waals surface area contributed by atoms with E-state index in [4.69, 9.17) is 0 Å². The van der Waals surface area contributed by atoms with Crippen LogP contribution in [-0.2, 0) is 9.59 Å². The molecule has 3 atom stereocenters. The smallest absolute Gasteiger partial charge is 0.327 e. The topological polar surface area (TPSA) is 87.6 Å². The maximum absolute atomic E-state index is 13.1. The number of carbonyl (C=O) groups is 3. The Kier molecular flexibility index (Phi) is 6.74. The van der Waals surface area contributed by atoms with Gasteiger partial charge < -0.3 is 10.0 Å². The second-order valence-electron chi connectivity index (χ2n) is 6.43. The standard InChI is InChI=1S/C20H20N2O4S2/c1-13(11-28-20(26)15-5-3-2-4-6-15)17(23)22-16(19(24)25)12-27-18(22)14-7-9-21-10-8-14/h2-10,13,16,18H,11-12H2,1H3,(H,24,25)/t13?,16-,18?/m0/s1. The molecule has 2 heterocycles. The van der Waals surface area contributed by atoms with Gasteiger partial charge in [0, 0.05) is 35.4 Å². The molecule has 1 saturated heterocycles. The van der Waals surface area contributed by atoms with E-state index < -0.39 is 17.9 Å². The predicted molar refractivity (Wildman–Crippen MR) is 110 cm³/mol. The van der Waals surface area contributed by atoms with E-state index in [0.717, 1.165) is 17.3 Å². The van der Waals surface area contributed by atoms with Gasteiger partial charge in [-0.2, -0.15) is 0 Å². The Morgan fingerprint density at radius 2 is 1.89 bits per heavy atom. The van der Waals surface area contributed by atoms with Crippen LogP contribution in [0, 0.1) is 5.92 Å². The van der Waals surface area contributed by atoms with Crippen LogP contribution in [0.4, 0.5) is 0 Å². The summed E-state index contributed by atoms with van der Waals surface area (Å²) in [5.41, 5.74) is 1.43.